The molecule has 0 amide bonds. The Balaban J connectivity index is 2.14. The van der Waals surface area contributed by atoms with Crippen molar-refractivity contribution in [3.05, 3.63) is 59.2 Å². The van der Waals surface area contributed by atoms with Crippen molar-refractivity contribution in [3.63, 3.8) is 0 Å². The van der Waals surface area contributed by atoms with Gasteiger partial charge in [0.15, 0.2) is 11.6 Å². The number of halogens is 1. The number of aliphatic hydroxyl groups excluding tert-OH is 1. The summed E-state index contributed by atoms with van der Waals surface area (Å²) in [5.74, 6) is -0.479. The van der Waals surface area contributed by atoms with E-state index in [0.717, 1.165) is 0 Å². The van der Waals surface area contributed by atoms with Crippen molar-refractivity contribution in [1.29, 1.82) is 5.26 Å². The zero-order valence-electron chi connectivity index (χ0n) is 10.9. The summed E-state index contributed by atoms with van der Waals surface area (Å²) in [6, 6.07) is 9.63. The van der Waals surface area contributed by atoms with Crippen LogP contribution in [0.3, 0.4) is 0 Å². The molecule has 0 unspecified atom stereocenters. The van der Waals surface area contributed by atoms with Gasteiger partial charge in [-0.25, -0.2) is 9.37 Å². The molecule has 5 heteroatoms. The van der Waals surface area contributed by atoms with E-state index in [1.54, 1.807) is 25.1 Å². The van der Waals surface area contributed by atoms with E-state index in [1.807, 2.05) is 6.07 Å². The first-order chi connectivity index (χ1) is 9.61. The van der Waals surface area contributed by atoms with Gasteiger partial charge in [0.2, 0.25) is 0 Å². The first kappa shape index (κ1) is 14.0. The molecule has 0 aliphatic carbocycles. The molecular formula is C15H13FN2O2. The molecule has 1 aromatic carbocycles. The minimum Gasteiger partial charge on any atom is -0.486 e. The number of aromatic nitrogens is 1. The molecule has 0 aliphatic heterocycles. The summed E-state index contributed by atoms with van der Waals surface area (Å²) in [6.07, 6.45) is 0.780. The topological polar surface area (TPSA) is 66.1 Å². The van der Waals surface area contributed by atoms with Crippen molar-refractivity contribution >= 4 is 0 Å². The zero-order valence-corrected chi connectivity index (χ0v) is 10.9. The molecule has 1 atom stereocenters. The Morgan fingerprint density at radius 1 is 1.45 bits per heavy atom. The lowest BCUT2D eigenvalue weighted by molar-refractivity contribution is 0.198. The highest BCUT2D eigenvalue weighted by Gasteiger charge is 2.09. The van der Waals surface area contributed by atoms with Gasteiger partial charge in [-0.2, -0.15) is 5.26 Å². The number of ether oxygens (including phenoxy) is 1. The van der Waals surface area contributed by atoms with Gasteiger partial charge >= 0.3 is 0 Å². The van der Waals surface area contributed by atoms with Crippen LogP contribution in [0.2, 0.25) is 0 Å². The van der Waals surface area contributed by atoms with Crippen molar-refractivity contribution < 1.29 is 14.2 Å². The van der Waals surface area contributed by atoms with Crippen LogP contribution in [-0.2, 0) is 6.61 Å². The maximum absolute atomic E-state index is 13.8. The molecule has 4 nitrogen and oxygen atoms in total. The number of benzene rings is 1. The fourth-order valence-corrected chi connectivity index (χ4v) is 1.71. The second-order valence-corrected chi connectivity index (χ2v) is 4.28. The molecule has 1 aromatic heterocycles. The van der Waals surface area contributed by atoms with E-state index >= 15 is 0 Å². The number of pyridine rings is 1. The fourth-order valence-electron chi connectivity index (χ4n) is 1.71. The zero-order chi connectivity index (χ0) is 14.5. The Kier molecular flexibility index (Phi) is 4.28. The molecule has 1 heterocycles. The van der Waals surface area contributed by atoms with E-state index in [9.17, 15) is 9.50 Å². The van der Waals surface area contributed by atoms with Crippen molar-refractivity contribution in [1.82, 2.24) is 4.98 Å². The van der Waals surface area contributed by atoms with E-state index < -0.39 is 11.9 Å². The fraction of sp³-hybridized carbons (Fsp3) is 0.200. The summed E-state index contributed by atoms with van der Waals surface area (Å²) in [5.41, 5.74) is 1.33. The Bertz CT molecular complexity index is 651. The van der Waals surface area contributed by atoms with Crippen molar-refractivity contribution in [2.45, 2.75) is 19.6 Å². The summed E-state index contributed by atoms with van der Waals surface area (Å²) >= 11 is 0. The third kappa shape index (κ3) is 3.11. The molecule has 1 N–H and O–H groups in total. The number of rotatable bonds is 4. The largest absolute Gasteiger partial charge is 0.486 e. The first-order valence-electron chi connectivity index (χ1n) is 6.06. The number of hydrogen-bond acceptors (Lipinski definition) is 4. The lowest BCUT2D eigenvalue weighted by Gasteiger charge is -2.10. The second-order valence-electron chi connectivity index (χ2n) is 4.28. The molecular weight excluding hydrogens is 259 g/mol. The van der Waals surface area contributed by atoms with Gasteiger partial charge in [0.1, 0.15) is 18.4 Å². The normalized spacial score (nSPS) is 11.7. The molecule has 0 spiro atoms. The van der Waals surface area contributed by atoms with Crippen molar-refractivity contribution in [3.8, 4) is 11.8 Å². The second kappa shape index (κ2) is 6.13. The molecule has 0 bridgehead atoms. The average Bonchev–Trinajstić information content (AvgIpc) is 2.46. The summed E-state index contributed by atoms with van der Waals surface area (Å²) in [7, 11) is 0. The maximum atomic E-state index is 13.8. The highest BCUT2D eigenvalue weighted by atomic mass is 19.1. The molecule has 0 fully saturated rings. The third-order valence-corrected chi connectivity index (χ3v) is 2.82. The highest BCUT2D eigenvalue weighted by Crippen LogP contribution is 2.23. The van der Waals surface area contributed by atoms with Gasteiger partial charge < -0.3 is 9.84 Å². The highest BCUT2D eigenvalue weighted by molar-refractivity contribution is 5.33. The van der Waals surface area contributed by atoms with Gasteiger partial charge in [-0.3, -0.25) is 0 Å². The number of nitriles is 1. The summed E-state index contributed by atoms with van der Waals surface area (Å²) < 4.78 is 19.1. The first-order valence-corrected chi connectivity index (χ1v) is 6.06. The van der Waals surface area contributed by atoms with Gasteiger partial charge in [0.05, 0.1) is 6.10 Å². The van der Waals surface area contributed by atoms with Crippen LogP contribution >= 0.6 is 0 Å². The number of aliphatic hydroxyl groups is 1. The molecule has 20 heavy (non-hydrogen) atoms. The van der Waals surface area contributed by atoms with Crippen LogP contribution in [0, 0.1) is 17.1 Å². The van der Waals surface area contributed by atoms with E-state index in [4.69, 9.17) is 10.00 Å². The smallest absolute Gasteiger partial charge is 0.165 e. The minimum absolute atomic E-state index is 0.0572. The van der Waals surface area contributed by atoms with Crippen molar-refractivity contribution in [2.75, 3.05) is 0 Å². The average molecular weight is 272 g/mol. The molecule has 0 saturated carbocycles. The maximum Gasteiger partial charge on any atom is 0.165 e. The van der Waals surface area contributed by atoms with Gasteiger partial charge in [0.25, 0.3) is 0 Å². The molecule has 0 radical (unpaired) electrons. The van der Waals surface area contributed by atoms with E-state index in [0.29, 0.717) is 11.1 Å². The van der Waals surface area contributed by atoms with E-state index in [-0.39, 0.29) is 18.1 Å². The Morgan fingerprint density at radius 2 is 2.25 bits per heavy atom. The van der Waals surface area contributed by atoms with Crippen LogP contribution in [0.5, 0.6) is 5.75 Å². The predicted octanol–water partition coefficient (Wildman–Crippen LogP) is 2.72. The van der Waals surface area contributed by atoms with Gasteiger partial charge in [-0.05, 0) is 30.7 Å². The molecule has 102 valence electrons. The Labute approximate surface area is 116 Å². The standard InChI is InChI=1S/C15H13FN2O2/c1-10(19)11-4-5-15(13(16)7-11)20-9-12-3-2-6-18-14(12)8-17/h2-7,10,19H,9H2,1H3/t10-/m1/s1. The molecule has 0 saturated heterocycles. The summed E-state index contributed by atoms with van der Waals surface area (Å²) in [5, 5.41) is 18.3. The number of hydrogen-bond donors (Lipinski definition) is 1. The predicted molar refractivity (Wildman–Crippen MR) is 70.3 cm³/mol. The molecule has 2 aromatic rings. The Morgan fingerprint density at radius 3 is 2.90 bits per heavy atom. The van der Waals surface area contributed by atoms with Gasteiger partial charge in [0, 0.05) is 11.8 Å². The van der Waals surface area contributed by atoms with Crippen LogP contribution in [0.15, 0.2) is 36.5 Å². The SMILES string of the molecule is C[C@@H](O)c1ccc(OCc2cccnc2C#N)c(F)c1. The van der Waals surface area contributed by atoms with E-state index in [1.165, 1.54) is 18.3 Å². The minimum atomic E-state index is -0.734. The van der Waals surface area contributed by atoms with Crippen LogP contribution < -0.4 is 4.74 Å². The summed E-state index contributed by atoms with van der Waals surface area (Å²) in [6.45, 7) is 1.62. The monoisotopic (exact) mass is 272 g/mol. The van der Waals surface area contributed by atoms with Gasteiger partial charge in [-0.1, -0.05) is 12.1 Å². The third-order valence-electron chi connectivity index (χ3n) is 2.82. The van der Waals surface area contributed by atoms with E-state index in [2.05, 4.69) is 4.98 Å². The van der Waals surface area contributed by atoms with Crippen LogP contribution in [0.25, 0.3) is 0 Å². The van der Waals surface area contributed by atoms with Crippen LogP contribution in [0.4, 0.5) is 4.39 Å². The Hall–Kier alpha value is -2.45. The quantitative estimate of drug-likeness (QED) is 0.929. The van der Waals surface area contributed by atoms with Crippen LogP contribution in [-0.4, -0.2) is 10.1 Å². The summed E-state index contributed by atoms with van der Waals surface area (Å²) in [4.78, 5) is 3.90. The molecule has 2 rings (SSSR count). The van der Waals surface area contributed by atoms with Crippen molar-refractivity contribution in [2.24, 2.45) is 0 Å². The van der Waals surface area contributed by atoms with Gasteiger partial charge in [-0.15, -0.1) is 0 Å². The number of nitrogens with zero attached hydrogens (tertiary/aromatic N) is 2. The lowest BCUT2D eigenvalue weighted by atomic mass is 10.1. The lowest BCUT2D eigenvalue weighted by Crippen LogP contribution is -2.02. The van der Waals surface area contributed by atoms with Crippen LogP contribution in [0.1, 0.15) is 29.8 Å². The molecule has 0 aliphatic rings.